The Morgan fingerprint density at radius 1 is 0.306 bits per heavy atom. The monoisotopic (exact) mass is 957 g/mol. The maximum atomic E-state index is 2.47. The smallest absolute Gasteiger partial charge is 0.0640 e. The summed E-state index contributed by atoms with van der Waals surface area (Å²) in [6.07, 6.45) is 0. The van der Waals surface area contributed by atoms with Crippen LogP contribution >= 0.6 is 22.7 Å². The van der Waals surface area contributed by atoms with E-state index >= 15 is 0 Å². The van der Waals surface area contributed by atoms with Crippen LogP contribution in [0.25, 0.3) is 62.2 Å². The molecule has 0 aliphatic heterocycles. The van der Waals surface area contributed by atoms with Crippen LogP contribution in [0.5, 0.6) is 0 Å². The van der Waals surface area contributed by atoms with Gasteiger partial charge in [-0.3, -0.25) is 0 Å². The second kappa shape index (κ2) is 16.8. The number of nitrogens with zero attached hydrogens (tertiary/aromatic N) is 3. The number of hydrogen-bond donors (Lipinski definition) is 0. The van der Waals surface area contributed by atoms with E-state index in [2.05, 4.69) is 277 Å². The van der Waals surface area contributed by atoms with E-state index < -0.39 is 0 Å². The van der Waals surface area contributed by atoms with E-state index in [9.17, 15) is 0 Å². The average molecular weight is 958 g/mol. The Morgan fingerprint density at radius 3 is 1.54 bits per heavy atom. The molecular weight excluding hydrogens is 911 g/mol. The highest BCUT2D eigenvalue weighted by Crippen LogP contribution is 2.53. The van der Waals surface area contributed by atoms with Crippen molar-refractivity contribution in [1.29, 1.82) is 0 Å². The van der Waals surface area contributed by atoms with Crippen LogP contribution in [0.2, 0.25) is 0 Å². The molecule has 0 fully saturated rings. The third kappa shape index (κ3) is 6.76. The molecular formula is C67H47N3S2. The highest BCUT2D eigenvalue weighted by atomic mass is 32.1. The molecule has 0 radical (unpaired) electrons. The summed E-state index contributed by atoms with van der Waals surface area (Å²) in [5.41, 5.74) is 15.6. The van der Waals surface area contributed by atoms with Gasteiger partial charge < -0.3 is 14.7 Å². The van der Waals surface area contributed by atoms with E-state index in [-0.39, 0.29) is 5.41 Å². The fraction of sp³-hybridized carbons (Fsp3) is 0.0448. The molecule has 342 valence electrons. The highest BCUT2D eigenvalue weighted by Gasteiger charge is 2.36. The first kappa shape index (κ1) is 42.4. The van der Waals surface area contributed by atoms with Crippen LogP contribution in [0.3, 0.4) is 0 Å². The van der Waals surface area contributed by atoms with Gasteiger partial charge in [-0.2, -0.15) is 0 Å². The minimum atomic E-state index is -0.0642. The summed E-state index contributed by atoms with van der Waals surface area (Å²) in [5.74, 6) is 0. The van der Waals surface area contributed by atoms with Gasteiger partial charge in [0.15, 0.2) is 0 Å². The van der Waals surface area contributed by atoms with E-state index in [0.717, 1.165) is 39.8 Å². The fourth-order valence-corrected chi connectivity index (χ4v) is 13.9. The summed E-state index contributed by atoms with van der Waals surface area (Å²) < 4.78 is 5.00. The predicted molar refractivity (Wildman–Crippen MR) is 311 cm³/mol. The molecule has 0 unspecified atom stereocenters. The Hall–Kier alpha value is -8.48. The first-order valence-electron chi connectivity index (χ1n) is 24.7. The van der Waals surface area contributed by atoms with Gasteiger partial charge in [0.1, 0.15) is 0 Å². The molecule has 13 aromatic rings. The van der Waals surface area contributed by atoms with Crippen LogP contribution in [-0.2, 0) is 5.41 Å². The molecule has 0 N–H and O–H groups in total. The zero-order chi connectivity index (χ0) is 47.9. The standard InChI is InChI=1S/C67H47N3S2/c1-67(2)57-30-15-14-28-52(57)56-41-48(37-40-58(56)67)69(47-25-10-5-11-26-47)61-33-17-29-54-53-38-35-49(42-63(53)72-66(54)61)70(59-31-16-20-44-19-12-13-27-51(44)59)50-36-39-55-64(43-50)71-62-34-18-32-60(65(55)62)68(45-21-6-3-7-22-45)46-23-8-4-9-24-46/h3-43H,1-2H3. The van der Waals surface area contributed by atoms with Gasteiger partial charge in [0.2, 0.25) is 0 Å². The molecule has 3 nitrogen and oxygen atoms in total. The van der Waals surface area contributed by atoms with Crippen molar-refractivity contribution in [2.45, 2.75) is 19.3 Å². The Morgan fingerprint density at radius 2 is 0.806 bits per heavy atom. The number of anilines is 9. The molecule has 2 heterocycles. The first-order valence-corrected chi connectivity index (χ1v) is 26.3. The molecule has 0 saturated heterocycles. The Kier molecular flexibility index (Phi) is 9.92. The number of fused-ring (bicyclic) bond motifs is 10. The molecule has 2 aromatic heterocycles. The molecule has 1 aliphatic carbocycles. The van der Waals surface area contributed by atoms with Gasteiger partial charge in [-0.25, -0.2) is 0 Å². The summed E-state index contributed by atoms with van der Waals surface area (Å²) in [5, 5.41) is 7.43. The second-order valence-corrected chi connectivity index (χ2v) is 21.4. The lowest BCUT2D eigenvalue weighted by molar-refractivity contribution is 0.660. The summed E-state index contributed by atoms with van der Waals surface area (Å²) in [4.78, 5) is 7.32. The largest absolute Gasteiger partial charge is 0.310 e. The van der Waals surface area contributed by atoms with Crippen molar-refractivity contribution in [3.05, 3.63) is 260 Å². The Balaban J connectivity index is 0.931. The Labute approximate surface area is 427 Å². The minimum Gasteiger partial charge on any atom is -0.310 e. The van der Waals surface area contributed by atoms with Crippen LogP contribution in [0, 0.1) is 0 Å². The van der Waals surface area contributed by atoms with E-state index in [0.29, 0.717) is 0 Å². The summed E-state index contributed by atoms with van der Waals surface area (Å²) in [6.45, 7) is 4.70. The molecule has 14 rings (SSSR count). The van der Waals surface area contributed by atoms with Gasteiger partial charge in [0.05, 0.1) is 21.8 Å². The lowest BCUT2D eigenvalue weighted by Crippen LogP contribution is -2.15. The third-order valence-corrected chi connectivity index (χ3v) is 17.1. The molecule has 5 heteroatoms. The summed E-state index contributed by atoms with van der Waals surface area (Å²) in [6, 6.07) is 91.5. The topological polar surface area (TPSA) is 9.72 Å². The number of benzene rings is 11. The van der Waals surface area contributed by atoms with E-state index in [1.807, 2.05) is 22.7 Å². The summed E-state index contributed by atoms with van der Waals surface area (Å²) in [7, 11) is 0. The van der Waals surface area contributed by atoms with Crippen molar-refractivity contribution < 1.29 is 0 Å². The van der Waals surface area contributed by atoms with Crippen molar-refractivity contribution in [3.63, 3.8) is 0 Å². The minimum absolute atomic E-state index is 0.0642. The Bertz CT molecular complexity index is 4170. The van der Waals surface area contributed by atoms with Crippen LogP contribution in [0.4, 0.5) is 51.2 Å². The van der Waals surface area contributed by atoms with E-state index in [4.69, 9.17) is 0 Å². The van der Waals surface area contributed by atoms with Gasteiger partial charge in [-0.15, -0.1) is 22.7 Å². The quantitative estimate of drug-likeness (QED) is 0.143. The van der Waals surface area contributed by atoms with Crippen molar-refractivity contribution >= 4 is 125 Å². The lowest BCUT2D eigenvalue weighted by atomic mass is 9.82. The maximum Gasteiger partial charge on any atom is 0.0640 e. The van der Waals surface area contributed by atoms with Crippen molar-refractivity contribution in [1.82, 2.24) is 0 Å². The van der Waals surface area contributed by atoms with Crippen molar-refractivity contribution in [2.24, 2.45) is 0 Å². The number of rotatable bonds is 9. The van der Waals surface area contributed by atoms with E-state index in [1.54, 1.807) is 0 Å². The van der Waals surface area contributed by atoms with Gasteiger partial charge in [-0.1, -0.05) is 166 Å². The molecule has 0 bridgehead atoms. The van der Waals surface area contributed by atoms with Crippen LogP contribution in [0.1, 0.15) is 25.0 Å². The van der Waals surface area contributed by atoms with Crippen LogP contribution in [0.15, 0.2) is 249 Å². The molecule has 0 atom stereocenters. The van der Waals surface area contributed by atoms with Crippen molar-refractivity contribution in [3.8, 4) is 11.1 Å². The number of para-hydroxylation sites is 3. The van der Waals surface area contributed by atoms with Crippen LogP contribution < -0.4 is 14.7 Å². The highest BCUT2D eigenvalue weighted by molar-refractivity contribution is 7.26. The fourth-order valence-electron chi connectivity index (χ4n) is 11.5. The molecule has 0 saturated carbocycles. The maximum absolute atomic E-state index is 2.47. The molecule has 0 amide bonds. The number of hydrogen-bond acceptors (Lipinski definition) is 5. The molecule has 72 heavy (non-hydrogen) atoms. The molecule has 0 spiro atoms. The van der Waals surface area contributed by atoms with Crippen molar-refractivity contribution in [2.75, 3.05) is 14.7 Å². The van der Waals surface area contributed by atoms with E-state index in [1.165, 1.54) is 84.7 Å². The van der Waals surface area contributed by atoms with Gasteiger partial charge in [0.25, 0.3) is 0 Å². The van der Waals surface area contributed by atoms with Gasteiger partial charge in [0, 0.05) is 80.6 Å². The predicted octanol–water partition coefficient (Wildman–Crippen LogP) is 20.3. The molecule has 1 aliphatic rings. The SMILES string of the molecule is CC1(C)c2ccccc2-c2cc(N(c3ccccc3)c3cccc4c3sc3cc(N(c5ccc6c(c5)sc5cccc(N(c7ccccc7)c7ccccc7)c56)c5cccc6ccccc56)ccc34)ccc21. The van der Waals surface area contributed by atoms with Crippen LogP contribution in [-0.4, -0.2) is 0 Å². The zero-order valence-electron chi connectivity index (χ0n) is 39.8. The average Bonchev–Trinajstić information content (AvgIpc) is 4.07. The lowest BCUT2D eigenvalue weighted by Gasteiger charge is -2.27. The normalized spacial score (nSPS) is 12.7. The second-order valence-electron chi connectivity index (χ2n) is 19.3. The zero-order valence-corrected chi connectivity index (χ0v) is 41.5. The van der Waals surface area contributed by atoms with Gasteiger partial charge in [-0.05, 0) is 125 Å². The first-order chi connectivity index (χ1) is 35.5. The third-order valence-electron chi connectivity index (χ3n) is 14.8. The summed E-state index contributed by atoms with van der Waals surface area (Å²) >= 11 is 3.74. The van der Waals surface area contributed by atoms with Gasteiger partial charge >= 0.3 is 0 Å². The number of thiophene rings is 2. The molecule has 11 aromatic carbocycles.